The highest BCUT2D eigenvalue weighted by atomic mass is 35.5. The lowest BCUT2D eigenvalue weighted by Crippen LogP contribution is -2.23. The van der Waals surface area contributed by atoms with Gasteiger partial charge in [-0.3, -0.25) is 0 Å². The summed E-state index contributed by atoms with van der Waals surface area (Å²) in [7, 11) is 0. The van der Waals surface area contributed by atoms with Crippen molar-refractivity contribution in [1.82, 2.24) is 10.3 Å². The lowest BCUT2D eigenvalue weighted by atomic mass is 10.0. The van der Waals surface area contributed by atoms with E-state index in [9.17, 15) is 4.39 Å². The number of nitrogens with zero attached hydrogens (tertiary/aromatic N) is 1. The highest BCUT2D eigenvalue weighted by Gasteiger charge is 2.14. The number of thiazole rings is 1. The average Bonchev–Trinajstić information content (AvgIpc) is 2.78. The van der Waals surface area contributed by atoms with Crippen LogP contribution in [0, 0.1) is 12.7 Å². The van der Waals surface area contributed by atoms with E-state index in [1.54, 1.807) is 23.5 Å². The van der Waals surface area contributed by atoms with Crippen molar-refractivity contribution in [2.75, 3.05) is 6.54 Å². The van der Waals surface area contributed by atoms with E-state index in [1.807, 2.05) is 19.2 Å². The smallest absolute Gasteiger partial charge is 0.141 e. The van der Waals surface area contributed by atoms with Crippen molar-refractivity contribution in [2.45, 2.75) is 26.3 Å². The summed E-state index contributed by atoms with van der Waals surface area (Å²) in [6, 6.07) is 4.98. The average molecular weight is 299 g/mol. The van der Waals surface area contributed by atoms with Gasteiger partial charge in [-0.05, 0) is 31.2 Å². The van der Waals surface area contributed by atoms with Crippen LogP contribution < -0.4 is 5.32 Å². The van der Waals surface area contributed by atoms with Gasteiger partial charge in [0.1, 0.15) is 5.82 Å². The lowest BCUT2D eigenvalue weighted by Gasteiger charge is -2.17. The molecule has 0 fully saturated rings. The van der Waals surface area contributed by atoms with Gasteiger partial charge in [0.15, 0.2) is 0 Å². The Morgan fingerprint density at radius 2 is 2.26 bits per heavy atom. The third-order valence-corrected chi connectivity index (χ3v) is 4.12. The quantitative estimate of drug-likeness (QED) is 0.897. The molecule has 1 N–H and O–H groups in total. The molecule has 0 amide bonds. The molecule has 19 heavy (non-hydrogen) atoms. The molecule has 0 radical (unpaired) electrons. The molecule has 1 aromatic heterocycles. The molecule has 2 nitrogen and oxygen atoms in total. The Bertz CT molecular complexity index is 556. The van der Waals surface area contributed by atoms with Crippen LogP contribution in [0.2, 0.25) is 5.02 Å². The second kappa shape index (κ2) is 6.46. The number of likely N-dealkylation sites (N-methyl/N-ethyl adjacent to an activating group) is 1. The Morgan fingerprint density at radius 3 is 2.84 bits per heavy atom. The summed E-state index contributed by atoms with van der Waals surface area (Å²) in [4.78, 5) is 4.47. The first-order valence-corrected chi connectivity index (χ1v) is 7.45. The van der Waals surface area contributed by atoms with Crippen LogP contribution in [0.3, 0.4) is 0 Å². The molecular formula is C14H16ClFN2S. The Balaban J connectivity index is 2.21. The SMILES string of the molecule is CCNC(Cc1nc(C)cs1)c1ccc(F)c(Cl)c1. The van der Waals surface area contributed by atoms with E-state index in [0.29, 0.717) is 0 Å². The second-order valence-corrected chi connectivity index (χ2v) is 5.72. The number of hydrogen-bond acceptors (Lipinski definition) is 3. The topological polar surface area (TPSA) is 24.9 Å². The molecule has 5 heteroatoms. The number of aryl methyl sites for hydroxylation is 1. The van der Waals surface area contributed by atoms with Crippen LogP contribution >= 0.6 is 22.9 Å². The Hall–Kier alpha value is -0.970. The maximum atomic E-state index is 13.2. The fourth-order valence-electron chi connectivity index (χ4n) is 1.95. The first kappa shape index (κ1) is 14.4. The third-order valence-electron chi connectivity index (χ3n) is 2.84. The predicted octanol–water partition coefficient (Wildman–Crippen LogP) is 4.14. The fraction of sp³-hybridized carbons (Fsp3) is 0.357. The van der Waals surface area contributed by atoms with Crippen molar-refractivity contribution in [3.05, 3.63) is 50.7 Å². The first-order valence-electron chi connectivity index (χ1n) is 6.19. The van der Waals surface area contributed by atoms with Gasteiger partial charge in [-0.15, -0.1) is 11.3 Å². The molecule has 0 aliphatic rings. The largest absolute Gasteiger partial charge is 0.310 e. The van der Waals surface area contributed by atoms with Gasteiger partial charge in [-0.25, -0.2) is 9.37 Å². The minimum atomic E-state index is -0.384. The Kier molecular flexibility index (Phi) is 4.91. The van der Waals surface area contributed by atoms with Crippen LogP contribution in [0.25, 0.3) is 0 Å². The molecule has 0 aliphatic carbocycles. The molecule has 102 valence electrons. The van der Waals surface area contributed by atoms with Crippen LogP contribution in [0.1, 0.15) is 29.2 Å². The Morgan fingerprint density at radius 1 is 1.47 bits per heavy atom. The summed E-state index contributed by atoms with van der Waals surface area (Å²) in [5, 5.41) is 6.66. The van der Waals surface area contributed by atoms with Crippen LogP contribution in [-0.2, 0) is 6.42 Å². The monoisotopic (exact) mass is 298 g/mol. The number of rotatable bonds is 5. The van der Waals surface area contributed by atoms with E-state index < -0.39 is 0 Å². The predicted molar refractivity (Wildman–Crippen MR) is 78.4 cm³/mol. The van der Waals surface area contributed by atoms with Crippen molar-refractivity contribution in [3.63, 3.8) is 0 Å². The van der Waals surface area contributed by atoms with Crippen molar-refractivity contribution in [3.8, 4) is 0 Å². The van der Waals surface area contributed by atoms with E-state index in [4.69, 9.17) is 11.6 Å². The maximum absolute atomic E-state index is 13.2. The van der Waals surface area contributed by atoms with Gasteiger partial charge in [0, 0.05) is 23.5 Å². The molecule has 1 unspecified atom stereocenters. The number of halogens is 2. The minimum absolute atomic E-state index is 0.105. The molecule has 1 atom stereocenters. The van der Waals surface area contributed by atoms with Crippen LogP contribution in [0.5, 0.6) is 0 Å². The van der Waals surface area contributed by atoms with Gasteiger partial charge in [-0.1, -0.05) is 24.6 Å². The van der Waals surface area contributed by atoms with E-state index in [1.165, 1.54) is 6.07 Å². The van der Waals surface area contributed by atoms with E-state index in [2.05, 4.69) is 10.3 Å². The zero-order valence-corrected chi connectivity index (χ0v) is 12.5. The maximum Gasteiger partial charge on any atom is 0.141 e. The van der Waals surface area contributed by atoms with Gasteiger partial charge < -0.3 is 5.32 Å². The summed E-state index contributed by atoms with van der Waals surface area (Å²) in [5.41, 5.74) is 2.02. The minimum Gasteiger partial charge on any atom is -0.310 e. The summed E-state index contributed by atoms with van der Waals surface area (Å²) in [6.07, 6.45) is 0.786. The zero-order chi connectivity index (χ0) is 13.8. The molecule has 2 rings (SSSR count). The van der Waals surface area contributed by atoms with Gasteiger partial charge in [0.2, 0.25) is 0 Å². The van der Waals surface area contributed by atoms with E-state index >= 15 is 0 Å². The van der Waals surface area contributed by atoms with Gasteiger partial charge >= 0.3 is 0 Å². The molecule has 0 saturated carbocycles. The van der Waals surface area contributed by atoms with Gasteiger partial charge in [0.05, 0.1) is 10.0 Å². The van der Waals surface area contributed by atoms with Crippen molar-refractivity contribution >= 4 is 22.9 Å². The number of benzene rings is 1. The molecule has 2 aromatic rings. The van der Waals surface area contributed by atoms with Gasteiger partial charge in [-0.2, -0.15) is 0 Å². The summed E-state index contributed by atoms with van der Waals surface area (Å²) < 4.78 is 13.2. The summed E-state index contributed by atoms with van der Waals surface area (Å²) >= 11 is 7.50. The van der Waals surface area contributed by atoms with Gasteiger partial charge in [0.25, 0.3) is 0 Å². The summed E-state index contributed by atoms with van der Waals surface area (Å²) in [5.74, 6) is -0.384. The first-order chi connectivity index (χ1) is 9.10. The standard InChI is InChI=1S/C14H16ClFN2S/c1-3-17-13(7-14-18-9(2)8-19-14)10-4-5-12(16)11(15)6-10/h4-6,8,13,17H,3,7H2,1-2H3. The lowest BCUT2D eigenvalue weighted by molar-refractivity contribution is 0.546. The highest BCUT2D eigenvalue weighted by molar-refractivity contribution is 7.09. The summed E-state index contributed by atoms with van der Waals surface area (Å²) in [6.45, 7) is 4.87. The molecule has 1 heterocycles. The molecule has 1 aromatic carbocycles. The highest BCUT2D eigenvalue weighted by Crippen LogP contribution is 2.24. The number of aromatic nitrogens is 1. The molecular weight excluding hydrogens is 283 g/mol. The molecule has 0 aliphatic heterocycles. The van der Waals surface area contributed by atoms with Crippen LogP contribution in [-0.4, -0.2) is 11.5 Å². The van der Waals surface area contributed by atoms with Crippen molar-refractivity contribution in [1.29, 1.82) is 0 Å². The number of nitrogens with one attached hydrogen (secondary N) is 1. The van der Waals surface area contributed by atoms with Crippen molar-refractivity contribution < 1.29 is 4.39 Å². The van der Waals surface area contributed by atoms with E-state index in [-0.39, 0.29) is 16.9 Å². The Labute approximate surface area is 121 Å². The molecule has 0 spiro atoms. The fourth-order valence-corrected chi connectivity index (χ4v) is 2.96. The van der Waals surface area contributed by atoms with Crippen LogP contribution in [0.15, 0.2) is 23.6 Å². The molecule has 0 saturated heterocycles. The van der Waals surface area contributed by atoms with Crippen LogP contribution in [0.4, 0.5) is 4.39 Å². The molecule has 0 bridgehead atoms. The van der Waals surface area contributed by atoms with Crippen molar-refractivity contribution in [2.24, 2.45) is 0 Å². The normalized spacial score (nSPS) is 12.6. The third kappa shape index (κ3) is 3.75. The number of hydrogen-bond donors (Lipinski definition) is 1. The van der Waals surface area contributed by atoms with E-state index in [0.717, 1.165) is 29.2 Å². The second-order valence-electron chi connectivity index (χ2n) is 4.37. The zero-order valence-electron chi connectivity index (χ0n) is 10.9.